The number of ether oxygens (including phenoxy) is 2. The number of thiol groups is 1. The number of aliphatic hydroxyl groups is 2. The summed E-state index contributed by atoms with van der Waals surface area (Å²) in [7, 11) is 0. The van der Waals surface area contributed by atoms with Crippen molar-refractivity contribution in [2.75, 3.05) is 13.2 Å². The fourth-order valence-electron chi connectivity index (χ4n) is 3.77. The first-order valence-corrected chi connectivity index (χ1v) is 10.8. The van der Waals surface area contributed by atoms with E-state index in [9.17, 15) is 23.4 Å². The zero-order valence-electron chi connectivity index (χ0n) is 17.3. The van der Waals surface area contributed by atoms with Crippen molar-refractivity contribution in [2.24, 2.45) is 0 Å². The maximum atomic E-state index is 13.7. The number of aromatic nitrogens is 3. The SMILES string of the molecule is OC[C@H]1O[C@H](S)[C@H](OCCc2ccccc2)[C@@H](n2cc(-c3cc(F)c(F)c(F)c3)nn2)[C@H]1O. The molecular weight excluding hydrogens is 459 g/mol. The summed E-state index contributed by atoms with van der Waals surface area (Å²) in [6.45, 7) is -0.181. The van der Waals surface area contributed by atoms with Crippen molar-refractivity contribution >= 4 is 12.6 Å². The highest BCUT2D eigenvalue weighted by molar-refractivity contribution is 7.80. The van der Waals surface area contributed by atoms with E-state index in [-0.39, 0.29) is 17.9 Å². The monoisotopic (exact) mass is 481 g/mol. The van der Waals surface area contributed by atoms with Gasteiger partial charge in [-0.3, -0.25) is 0 Å². The Balaban J connectivity index is 1.59. The highest BCUT2D eigenvalue weighted by Gasteiger charge is 2.46. The molecule has 0 aliphatic carbocycles. The quantitative estimate of drug-likeness (QED) is 0.355. The molecule has 0 radical (unpaired) electrons. The smallest absolute Gasteiger partial charge is 0.194 e. The second-order valence-electron chi connectivity index (χ2n) is 7.64. The Kier molecular flexibility index (Phi) is 7.35. The van der Waals surface area contributed by atoms with Crippen molar-refractivity contribution in [1.29, 1.82) is 0 Å². The molecule has 1 aliphatic rings. The molecule has 3 aromatic rings. The Morgan fingerprint density at radius 1 is 1.12 bits per heavy atom. The highest BCUT2D eigenvalue weighted by atomic mass is 32.1. The summed E-state index contributed by atoms with van der Waals surface area (Å²) in [6.07, 6.45) is -1.03. The van der Waals surface area contributed by atoms with Gasteiger partial charge >= 0.3 is 0 Å². The van der Waals surface area contributed by atoms with Gasteiger partial charge in [0, 0.05) is 5.56 Å². The average Bonchev–Trinajstić information content (AvgIpc) is 3.29. The number of halogens is 3. The Bertz CT molecular complexity index is 1060. The minimum atomic E-state index is -1.58. The zero-order chi connectivity index (χ0) is 23.5. The van der Waals surface area contributed by atoms with Crippen LogP contribution in [0.2, 0.25) is 0 Å². The van der Waals surface area contributed by atoms with Gasteiger partial charge in [0.05, 0.1) is 19.4 Å². The first-order valence-electron chi connectivity index (χ1n) is 10.2. The Morgan fingerprint density at radius 2 is 1.82 bits per heavy atom. The van der Waals surface area contributed by atoms with Gasteiger partial charge in [0.2, 0.25) is 0 Å². The third-order valence-electron chi connectivity index (χ3n) is 5.48. The maximum Gasteiger partial charge on any atom is 0.194 e. The van der Waals surface area contributed by atoms with Crippen molar-refractivity contribution in [2.45, 2.75) is 36.2 Å². The topological polar surface area (TPSA) is 89.6 Å². The van der Waals surface area contributed by atoms with Crippen molar-refractivity contribution in [3.05, 3.63) is 71.7 Å². The maximum absolute atomic E-state index is 13.7. The number of rotatable bonds is 7. The molecule has 11 heteroatoms. The fraction of sp³-hybridized carbons (Fsp3) is 0.364. The van der Waals surface area contributed by atoms with Gasteiger partial charge in [0.1, 0.15) is 35.5 Å². The second-order valence-corrected chi connectivity index (χ2v) is 8.15. The molecule has 2 aromatic carbocycles. The van der Waals surface area contributed by atoms with Gasteiger partial charge in [0.25, 0.3) is 0 Å². The Labute approximate surface area is 193 Å². The highest BCUT2D eigenvalue weighted by Crippen LogP contribution is 2.34. The van der Waals surface area contributed by atoms with E-state index in [0.29, 0.717) is 6.42 Å². The van der Waals surface area contributed by atoms with Crippen LogP contribution in [0.15, 0.2) is 48.7 Å². The van der Waals surface area contributed by atoms with E-state index in [2.05, 4.69) is 22.9 Å². The lowest BCUT2D eigenvalue weighted by atomic mass is 9.97. The molecule has 0 amide bonds. The van der Waals surface area contributed by atoms with E-state index in [4.69, 9.17) is 9.47 Å². The molecule has 33 heavy (non-hydrogen) atoms. The molecule has 7 nitrogen and oxygen atoms in total. The standard InChI is InChI=1S/C22H22F3N3O4S/c23-14-8-13(9-15(24)18(14)25)16-10-28(27-26-16)19-20(30)17(11-29)32-22(33)21(19)31-7-6-12-4-2-1-3-5-12/h1-5,8-10,17,19-22,29-30,33H,6-7,11H2/t17-,19+,20+,21-,22-/m1/s1. The summed E-state index contributed by atoms with van der Waals surface area (Å²) in [6, 6.07) is 10.4. The van der Waals surface area contributed by atoms with Crippen LogP contribution in [-0.4, -0.2) is 62.2 Å². The number of hydrogen-bond acceptors (Lipinski definition) is 7. The molecule has 0 spiro atoms. The molecule has 0 unspecified atom stereocenters. The average molecular weight is 481 g/mol. The predicted octanol–water partition coefficient (Wildman–Crippen LogP) is 2.54. The molecule has 1 aliphatic heterocycles. The third-order valence-corrected chi connectivity index (χ3v) is 5.90. The van der Waals surface area contributed by atoms with Crippen LogP contribution in [0.5, 0.6) is 0 Å². The summed E-state index contributed by atoms with van der Waals surface area (Å²) in [5.74, 6) is -4.30. The lowest BCUT2D eigenvalue weighted by molar-refractivity contribution is -0.192. The summed E-state index contributed by atoms with van der Waals surface area (Å²) in [5.41, 5.74) is 0.283. The molecule has 2 N–H and O–H groups in total. The normalized spacial score (nSPS) is 25.3. The van der Waals surface area contributed by atoms with E-state index in [1.165, 1.54) is 10.9 Å². The van der Waals surface area contributed by atoms with Gasteiger partial charge in [-0.1, -0.05) is 35.5 Å². The van der Waals surface area contributed by atoms with E-state index >= 15 is 0 Å². The van der Waals surface area contributed by atoms with Crippen LogP contribution in [-0.2, 0) is 15.9 Å². The minimum Gasteiger partial charge on any atom is -0.394 e. The third kappa shape index (κ3) is 5.07. The zero-order valence-corrected chi connectivity index (χ0v) is 18.2. The van der Waals surface area contributed by atoms with E-state index < -0.39 is 53.8 Å². The lowest BCUT2D eigenvalue weighted by Crippen LogP contribution is -2.55. The van der Waals surface area contributed by atoms with Gasteiger partial charge in [-0.25, -0.2) is 17.9 Å². The summed E-state index contributed by atoms with van der Waals surface area (Å²) >= 11 is 4.42. The summed E-state index contributed by atoms with van der Waals surface area (Å²) in [5, 5.41) is 28.3. The number of nitrogens with zero attached hydrogens (tertiary/aromatic N) is 3. The van der Waals surface area contributed by atoms with Gasteiger partial charge in [0.15, 0.2) is 17.5 Å². The number of aliphatic hydroxyl groups excluding tert-OH is 2. The van der Waals surface area contributed by atoms with E-state index in [1.807, 2.05) is 30.3 Å². The first kappa shape index (κ1) is 23.7. The fourth-order valence-corrected chi connectivity index (χ4v) is 4.19. The van der Waals surface area contributed by atoms with Crippen molar-refractivity contribution in [3.63, 3.8) is 0 Å². The van der Waals surface area contributed by atoms with Gasteiger partial charge < -0.3 is 19.7 Å². The molecule has 1 aromatic heterocycles. The van der Waals surface area contributed by atoms with Crippen molar-refractivity contribution in [1.82, 2.24) is 15.0 Å². The lowest BCUT2D eigenvalue weighted by Gasteiger charge is -2.42. The molecule has 0 bridgehead atoms. The molecule has 1 saturated heterocycles. The molecule has 2 heterocycles. The molecule has 5 atom stereocenters. The van der Waals surface area contributed by atoms with Crippen LogP contribution < -0.4 is 0 Å². The summed E-state index contributed by atoms with van der Waals surface area (Å²) < 4.78 is 53.5. The summed E-state index contributed by atoms with van der Waals surface area (Å²) in [4.78, 5) is 0. The first-order chi connectivity index (χ1) is 15.9. The van der Waals surface area contributed by atoms with E-state index in [0.717, 1.165) is 17.7 Å². The second kappa shape index (κ2) is 10.2. The van der Waals surface area contributed by atoms with Crippen molar-refractivity contribution < 1.29 is 32.9 Å². The van der Waals surface area contributed by atoms with Crippen LogP contribution in [0.3, 0.4) is 0 Å². The van der Waals surface area contributed by atoms with Gasteiger partial charge in [-0.05, 0) is 24.1 Å². The Morgan fingerprint density at radius 3 is 2.48 bits per heavy atom. The largest absolute Gasteiger partial charge is 0.394 e. The van der Waals surface area contributed by atoms with E-state index in [1.54, 1.807) is 0 Å². The van der Waals surface area contributed by atoms with Crippen LogP contribution >= 0.6 is 12.6 Å². The van der Waals surface area contributed by atoms with Crippen LogP contribution in [0.4, 0.5) is 13.2 Å². The molecule has 176 valence electrons. The molecular formula is C22H22F3N3O4S. The molecule has 1 fully saturated rings. The van der Waals surface area contributed by atoms with Crippen LogP contribution in [0, 0.1) is 17.5 Å². The van der Waals surface area contributed by atoms with Crippen molar-refractivity contribution in [3.8, 4) is 11.3 Å². The predicted molar refractivity (Wildman–Crippen MR) is 115 cm³/mol. The van der Waals surface area contributed by atoms with Gasteiger partial charge in [-0.15, -0.1) is 17.7 Å². The minimum absolute atomic E-state index is 0.0260. The molecule has 4 rings (SSSR count). The van der Waals surface area contributed by atoms with Gasteiger partial charge in [-0.2, -0.15) is 0 Å². The number of benzene rings is 2. The Hall–Kier alpha value is -2.44. The number of hydrogen-bond donors (Lipinski definition) is 3. The molecule has 0 saturated carbocycles. The van der Waals surface area contributed by atoms with Crippen LogP contribution in [0.1, 0.15) is 11.6 Å². The van der Waals surface area contributed by atoms with Crippen LogP contribution in [0.25, 0.3) is 11.3 Å².